The van der Waals surface area contributed by atoms with E-state index in [1.165, 1.54) is 11.8 Å². The lowest BCUT2D eigenvalue weighted by Crippen LogP contribution is -2.36. The third-order valence-corrected chi connectivity index (χ3v) is 4.44. The Hall–Kier alpha value is -1.82. The predicted octanol–water partition coefficient (Wildman–Crippen LogP) is 2.80. The third kappa shape index (κ3) is 3.68. The first kappa shape index (κ1) is 16.5. The molecule has 0 aliphatic carbocycles. The van der Waals surface area contributed by atoms with E-state index in [4.69, 9.17) is 0 Å². The molecule has 0 aliphatic heterocycles. The van der Waals surface area contributed by atoms with E-state index in [0.717, 1.165) is 22.1 Å². The van der Waals surface area contributed by atoms with Crippen LogP contribution in [0.2, 0.25) is 0 Å². The van der Waals surface area contributed by atoms with Crippen LogP contribution in [0.4, 0.5) is 0 Å². The van der Waals surface area contributed by atoms with Crippen LogP contribution in [0.15, 0.2) is 29.4 Å². The number of amides is 1. The zero-order valence-electron chi connectivity index (χ0n) is 13.6. The molecule has 0 bridgehead atoms. The lowest BCUT2D eigenvalue weighted by Gasteiger charge is -2.13. The van der Waals surface area contributed by atoms with Gasteiger partial charge < -0.3 is 9.88 Å². The summed E-state index contributed by atoms with van der Waals surface area (Å²) in [6.07, 6.45) is 0. The summed E-state index contributed by atoms with van der Waals surface area (Å²) in [7, 11) is 1.93. The Kier molecular flexibility index (Phi) is 5.24. The molecule has 2 rings (SSSR count). The Bertz CT molecular complexity index is 666. The van der Waals surface area contributed by atoms with Crippen LogP contribution in [0, 0.1) is 6.92 Å². The van der Waals surface area contributed by atoms with E-state index >= 15 is 0 Å². The number of rotatable bonds is 5. The second-order valence-corrected chi connectivity index (χ2v) is 6.91. The lowest BCUT2D eigenvalue weighted by molar-refractivity contribution is -0.120. The maximum atomic E-state index is 12.0. The van der Waals surface area contributed by atoms with Gasteiger partial charge in [-0.15, -0.1) is 10.2 Å². The van der Waals surface area contributed by atoms with Crippen molar-refractivity contribution in [3.8, 4) is 11.4 Å². The van der Waals surface area contributed by atoms with E-state index in [2.05, 4.69) is 28.5 Å². The zero-order valence-corrected chi connectivity index (χ0v) is 14.4. The number of carbonyl (C=O) groups is 1. The van der Waals surface area contributed by atoms with E-state index in [-0.39, 0.29) is 17.2 Å². The molecule has 0 radical (unpaired) electrons. The molecule has 22 heavy (non-hydrogen) atoms. The molecular weight excluding hydrogens is 296 g/mol. The van der Waals surface area contributed by atoms with Crippen LogP contribution in [0.5, 0.6) is 0 Å². The number of thioether (sulfide) groups is 1. The molecule has 0 saturated heterocycles. The molecule has 1 N–H and O–H groups in total. The van der Waals surface area contributed by atoms with Crippen LogP contribution in [-0.4, -0.2) is 32.0 Å². The maximum absolute atomic E-state index is 12.0. The fraction of sp³-hybridized carbons (Fsp3) is 0.438. The van der Waals surface area contributed by atoms with Crippen LogP contribution < -0.4 is 5.32 Å². The van der Waals surface area contributed by atoms with Crippen LogP contribution in [0.3, 0.4) is 0 Å². The second-order valence-electron chi connectivity index (χ2n) is 5.60. The predicted molar refractivity (Wildman–Crippen MR) is 89.8 cm³/mol. The number of nitrogens with one attached hydrogen (secondary N) is 1. The number of aryl methyl sites for hydroxylation is 1. The Balaban J connectivity index is 2.18. The summed E-state index contributed by atoms with van der Waals surface area (Å²) in [4.78, 5) is 12.0. The van der Waals surface area contributed by atoms with Gasteiger partial charge in [-0.2, -0.15) is 0 Å². The molecule has 118 valence electrons. The first-order chi connectivity index (χ1) is 10.4. The van der Waals surface area contributed by atoms with Gasteiger partial charge in [-0.25, -0.2) is 0 Å². The zero-order chi connectivity index (χ0) is 16.3. The van der Waals surface area contributed by atoms with Crippen molar-refractivity contribution in [1.82, 2.24) is 20.1 Å². The molecule has 6 heteroatoms. The van der Waals surface area contributed by atoms with Gasteiger partial charge in [0.2, 0.25) is 5.91 Å². The van der Waals surface area contributed by atoms with Crippen LogP contribution >= 0.6 is 11.8 Å². The Morgan fingerprint density at radius 2 is 1.91 bits per heavy atom. The van der Waals surface area contributed by atoms with Gasteiger partial charge in [-0.3, -0.25) is 4.79 Å². The molecular formula is C16H22N4OS. The topological polar surface area (TPSA) is 59.8 Å². The van der Waals surface area contributed by atoms with Gasteiger partial charge >= 0.3 is 0 Å². The van der Waals surface area contributed by atoms with E-state index in [1.54, 1.807) is 0 Å². The van der Waals surface area contributed by atoms with Gasteiger partial charge in [0.05, 0.1) is 5.25 Å². The Morgan fingerprint density at radius 3 is 2.55 bits per heavy atom. The molecule has 1 atom stereocenters. The lowest BCUT2D eigenvalue weighted by atomic mass is 10.1. The second kappa shape index (κ2) is 6.96. The fourth-order valence-electron chi connectivity index (χ4n) is 2.09. The minimum atomic E-state index is -0.213. The van der Waals surface area contributed by atoms with Gasteiger partial charge in [0, 0.05) is 18.7 Å². The number of benzene rings is 1. The average molecular weight is 318 g/mol. The largest absolute Gasteiger partial charge is 0.353 e. The normalized spacial score (nSPS) is 12.5. The van der Waals surface area contributed by atoms with Crippen LogP contribution in [0.25, 0.3) is 11.4 Å². The van der Waals surface area contributed by atoms with Crippen molar-refractivity contribution < 1.29 is 4.79 Å². The maximum Gasteiger partial charge on any atom is 0.233 e. The highest BCUT2D eigenvalue weighted by Gasteiger charge is 2.20. The molecule has 0 spiro atoms. The van der Waals surface area contributed by atoms with Crippen molar-refractivity contribution in [3.05, 3.63) is 29.8 Å². The van der Waals surface area contributed by atoms with Crippen LogP contribution in [-0.2, 0) is 11.8 Å². The van der Waals surface area contributed by atoms with Gasteiger partial charge in [-0.05, 0) is 33.3 Å². The highest BCUT2D eigenvalue weighted by atomic mass is 32.2. The van der Waals surface area contributed by atoms with Gasteiger partial charge in [-0.1, -0.05) is 36.0 Å². The van der Waals surface area contributed by atoms with E-state index in [1.807, 2.05) is 50.6 Å². The molecule has 0 fully saturated rings. The van der Waals surface area contributed by atoms with Crippen molar-refractivity contribution in [1.29, 1.82) is 0 Å². The van der Waals surface area contributed by atoms with E-state index in [0.29, 0.717) is 0 Å². The summed E-state index contributed by atoms with van der Waals surface area (Å²) >= 11 is 1.42. The molecule has 1 heterocycles. The van der Waals surface area contributed by atoms with Crippen molar-refractivity contribution in [2.24, 2.45) is 7.05 Å². The monoisotopic (exact) mass is 318 g/mol. The standard InChI is InChI=1S/C16H22N4OS/c1-10(2)17-15(21)12(4)22-16-19-18-14(20(16)5)13-9-7-6-8-11(13)3/h6-10,12H,1-5H3,(H,17,21). The number of carbonyl (C=O) groups excluding carboxylic acids is 1. The SMILES string of the molecule is Cc1ccccc1-c1nnc(SC(C)C(=O)NC(C)C)n1C. The van der Waals surface area contributed by atoms with Gasteiger partial charge in [0.1, 0.15) is 0 Å². The quantitative estimate of drug-likeness (QED) is 0.861. The van der Waals surface area contributed by atoms with Gasteiger partial charge in [0.25, 0.3) is 0 Å². The number of aromatic nitrogens is 3. The fourth-order valence-corrected chi connectivity index (χ4v) is 2.91. The highest BCUT2D eigenvalue weighted by Crippen LogP contribution is 2.27. The van der Waals surface area contributed by atoms with Crippen LogP contribution in [0.1, 0.15) is 26.3 Å². The van der Waals surface area contributed by atoms with Gasteiger partial charge in [0.15, 0.2) is 11.0 Å². The average Bonchev–Trinajstić information content (AvgIpc) is 2.80. The highest BCUT2D eigenvalue weighted by molar-refractivity contribution is 8.00. The molecule has 1 aromatic heterocycles. The molecule has 2 aromatic rings. The summed E-state index contributed by atoms with van der Waals surface area (Å²) in [5.74, 6) is 0.831. The number of hydrogen-bond acceptors (Lipinski definition) is 4. The summed E-state index contributed by atoms with van der Waals surface area (Å²) in [5.41, 5.74) is 2.21. The molecule has 0 saturated carbocycles. The number of nitrogens with zero attached hydrogens (tertiary/aromatic N) is 3. The first-order valence-electron chi connectivity index (χ1n) is 7.32. The summed E-state index contributed by atoms with van der Waals surface area (Å²) in [5, 5.41) is 12.0. The minimum absolute atomic E-state index is 0.0143. The summed E-state index contributed by atoms with van der Waals surface area (Å²) in [6.45, 7) is 7.84. The summed E-state index contributed by atoms with van der Waals surface area (Å²) in [6, 6.07) is 8.21. The molecule has 1 unspecified atom stereocenters. The van der Waals surface area contributed by atoms with E-state index < -0.39 is 0 Å². The smallest absolute Gasteiger partial charge is 0.233 e. The van der Waals surface area contributed by atoms with E-state index in [9.17, 15) is 4.79 Å². The summed E-state index contributed by atoms with van der Waals surface area (Å²) < 4.78 is 1.94. The Morgan fingerprint density at radius 1 is 1.23 bits per heavy atom. The minimum Gasteiger partial charge on any atom is -0.353 e. The van der Waals surface area contributed by atoms with Crippen molar-refractivity contribution in [3.63, 3.8) is 0 Å². The third-order valence-electron chi connectivity index (χ3n) is 3.30. The molecule has 5 nitrogen and oxygen atoms in total. The first-order valence-corrected chi connectivity index (χ1v) is 8.20. The molecule has 0 aliphatic rings. The number of hydrogen-bond donors (Lipinski definition) is 1. The molecule has 1 aromatic carbocycles. The van der Waals surface area contributed by atoms with Crippen molar-refractivity contribution in [2.45, 2.75) is 44.1 Å². The van der Waals surface area contributed by atoms with Crippen molar-refractivity contribution in [2.75, 3.05) is 0 Å². The Labute approximate surface area is 135 Å². The molecule has 1 amide bonds. The van der Waals surface area contributed by atoms with Crippen molar-refractivity contribution >= 4 is 17.7 Å².